The molecule has 33 heavy (non-hydrogen) atoms. The van der Waals surface area contributed by atoms with Gasteiger partial charge in [-0.2, -0.15) is 5.10 Å². The van der Waals surface area contributed by atoms with Gasteiger partial charge in [-0.1, -0.05) is 23.7 Å². The Morgan fingerprint density at radius 3 is 2.27 bits per heavy atom. The standard InChI is InChI=1S/C21H13ClF2N4O5/c22-14-4-1-12(2-5-14)19(13-3-10-17-18(11-13)33-21(23,24)32-17)26-27-20(29)25-15-6-8-16(9-7-15)28(30)31/h1-11H,(H2,25,27,29)/b26-19+. The van der Waals surface area contributed by atoms with Crippen LogP contribution in [0.2, 0.25) is 5.02 Å². The molecule has 0 bridgehead atoms. The van der Waals surface area contributed by atoms with Crippen LogP contribution in [0.1, 0.15) is 11.1 Å². The largest absolute Gasteiger partial charge is 0.586 e. The van der Waals surface area contributed by atoms with Gasteiger partial charge < -0.3 is 14.8 Å². The van der Waals surface area contributed by atoms with Crippen molar-refractivity contribution in [1.29, 1.82) is 0 Å². The van der Waals surface area contributed by atoms with Gasteiger partial charge in [0.15, 0.2) is 11.5 Å². The monoisotopic (exact) mass is 474 g/mol. The average molecular weight is 475 g/mol. The first-order valence-corrected chi connectivity index (χ1v) is 9.63. The van der Waals surface area contributed by atoms with Crippen LogP contribution in [0, 0.1) is 10.1 Å². The fourth-order valence-corrected chi connectivity index (χ4v) is 3.06. The van der Waals surface area contributed by atoms with Gasteiger partial charge in [0, 0.05) is 34.0 Å². The zero-order valence-electron chi connectivity index (χ0n) is 16.4. The Morgan fingerprint density at radius 1 is 0.970 bits per heavy atom. The summed E-state index contributed by atoms with van der Waals surface area (Å²) in [5, 5.41) is 17.8. The SMILES string of the molecule is O=C(N/N=C(\c1ccc(Cl)cc1)c1ccc2c(c1)OC(F)(F)O2)Nc1ccc([N+](=O)[O-])cc1. The molecule has 0 radical (unpaired) electrons. The van der Waals surface area contributed by atoms with E-state index in [9.17, 15) is 23.7 Å². The number of urea groups is 1. The van der Waals surface area contributed by atoms with Gasteiger partial charge in [0.2, 0.25) is 0 Å². The Bertz CT molecular complexity index is 1250. The van der Waals surface area contributed by atoms with Crippen LogP contribution in [0.25, 0.3) is 0 Å². The molecule has 0 spiro atoms. The Labute approximate surface area is 189 Å². The summed E-state index contributed by atoms with van der Waals surface area (Å²) in [6.45, 7) is 0. The van der Waals surface area contributed by atoms with E-state index in [4.69, 9.17) is 11.6 Å². The molecule has 3 aromatic rings. The van der Waals surface area contributed by atoms with Crippen molar-refractivity contribution in [1.82, 2.24) is 5.43 Å². The lowest BCUT2D eigenvalue weighted by atomic mass is 10.0. The Balaban J connectivity index is 1.58. The normalized spacial score (nSPS) is 14.0. The number of amides is 2. The number of nitro benzene ring substituents is 1. The van der Waals surface area contributed by atoms with E-state index in [0.29, 0.717) is 21.8 Å². The number of halogens is 3. The number of carbonyl (C=O) groups excluding carboxylic acids is 1. The molecule has 9 nitrogen and oxygen atoms in total. The van der Waals surface area contributed by atoms with Crippen molar-refractivity contribution in [3.63, 3.8) is 0 Å². The maximum absolute atomic E-state index is 13.4. The Morgan fingerprint density at radius 2 is 1.61 bits per heavy atom. The van der Waals surface area contributed by atoms with Crippen LogP contribution in [0.15, 0.2) is 71.8 Å². The molecule has 0 aromatic heterocycles. The first kappa shape index (κ1) is 22.0. The molecule has 0 saturated carbocycles. The van der Waals surface area contributed by atoms with Gasteiger partial charge in [0.25, 0.3) is 5.69 Å². The van der Waals surface area contributed by atoms with Crippen LogP contribution >= 0.6 is 11.6 Å². The van der Waals surface area contributed by atoms with Crippen molar-refractivity contribution in [2.75, 3.05) is 5.32 Å². The van der Waals surface area contributed by atoms with Crippen molar-refractivity contribution < 1.29 is 28.0 Å². The summed E-state index contributed by atoms with van der Waals surface area (Å²) in [5.41, 5.74) is 3.60. The third-order valence-electron chi connectivity index (χ3n) is 4.40. The molecule has 0 atom stereocenters. The predicted molar refractivity (Wildman–Crippen MR) is 115 cm³/mol. The number of non-ortho nitro benzene ring substituents is 1. The van der Waals surface area contributed by atoms with Crippen molar-refractivity contribution in [2.45, 2.75) is 6.29 Å². The summed E-state index contributed by atoms with van der Waals surface area (Å²) in [6, 6.07) is 15.0. The number of hydrogen-bond donors (Lipinski definition) is 2. The lowest BCUT2D eigenvalue weighted by molar-refractivity contribution is -0.384. The minimum absolute atomic E-state index is 0.127. The first-order chi connectivity index (χ1) is 15.7. The van der Waals surface area contributed by atoms with Gasteiger partial charge in [-0.05, 0) is 42.5 Å². The molecule has 1 aliphatic rings. The van der Waals surface area contributed by atoms with E-state index in [2.05, 4.69) is 25.3 Å². The quantitative estimate of drug-likeness (QED) is 0.301. The van der Waals surface area contributed by atoms with Crippen LogP contribution in [0.3, 0.4) is 0 Å². The van der Waals surface area contributed by atoms with Gasteiger partial charge in [-0.15, -0.1) is 8.78 Å². The highest BCUT2D eigenvalue weighted by Gasteiger charge is 2.43. The van der Waals surface area contributed by atoms with E-state index >= 15 is 0 Å². The maximum atomic E-state index is 13.4. The summed E-state index contributed by atoms with van der Waals surface area (Å²) in [5.74, 6) is -0.322. The highest BCUT2D eigenvalue weighted by molar-refractivity contribution is 6.30. The number of benzene rings is 3. The second kappa shape index (κ2) is 8.71. The first-order valence-electron chi connectivity index (χ1n) is 9.25. The van der Waals surface area contributed by atoms with Gasteiger partial charge >= 0.3 is 12.3 Å². The zero-order chi connectivity index (χ0) is 23.6. The molecule has 0 unspecified atom stereocenters. The number of hydrogen-bond acceptors (Lipinski definition) is 6. The topological polar surface area (TPSA) is 115 Å². The summed E-state index contributed by atoms with van der Waals surface area (Å²) in [4.78, 5) is 22.5. The molecular weight excluding hydrogens is 462 g/mol. The fourth-order valence-electron chi connectivity index (χ4n) is 2.93. The van der Waals surface area contributed by atoms with Crippen LogP contribution in [0.5, 0.6) is 11.5 Å². The number of nitrogens with zero attached hydrogens (tertiary/aromatic N) is 2. The molecule has 168 valence electrons. The van der Waals surface area contributed by atoms with E-state index in [1.807, 2.05) is 0 Å². The molecule has 12 heteroatoms. The van der Waals surface area contributed by atoms with Gasteiger partial charge in [-0.25, -0.2) is 10.2 Å². The molecule has 3 aromatic carbocycles. The summed E-state index contributed by atoms with van der Waals surface area (Å²) in [7, 11) is 0. The third-order valence-corrected chi connectivity index (χ3v) is 4.65. The minimum Gasteiger partial charge on any atom is -0.395 e. The highest BCUT2D eigenvalue weighted by Crippen LogP contribution is 2.41. The molecule has 0 fully saturated rings. The number of hydrazone groups is 1. The van der Waals surface area contributed by atoms with Crippen molar-refractivity contribution >= 4 is 34.7 Å². The van der Waals surface area contributed by atoms with Crippen molar-refractivity contribution in [3.8, 4) is 11.5 Å². The van der Waals surface area contributed by atoms with Crippen molar-refractivity contribution in [3.05, 3.63) is 93.0 Å². The average Bonchev–Trinajstić information content (AvgIpc) is 3.08. The number of alkyl halides is 2. The smallest absolute Gasteiger partial charge is 0.395 e. The third kappa shape index (κ3) is 5.15. The number of ether oxygens (including phenoxy) is 2. The molecule has 1 heterocycles. The van der Waals surface area contributed by atoms with E-state index in [0.717, 1.165) is 0 Å². The molecule has 1 aliphatic heterocycles. The number of carbonyl (C=O) groups is 1. The fraction of sp³-hybridized carbons (Fsp3) is 0.0476. The van der Waals surface area contributed by atoms with E-state index in [1.54, 1.807) is 24.3 Å². The molecule has 4 rings (SSSR count). The molecule has 2 N–H and O–H groups in total. The van der Waals surface area contributed by atoms with Crippen LogP contribution in [0.4, 0.5) is 25.0 Å². The minimum atomic E-state index is -3.78. The van der Waals surface area contributed by atoms with Gasteiger partial charge in [0.05, 0.1) is 10.6 Å². The molecular formula is C21H13ClF2N4O5. The summed E-state index contributed by atoms with van der Waals surface area (Å²) >= 11 is 5.94. The van der Waals surface area contributed by atoms with Crippen LogP contribution in [-0.2, 0) is 0 Å². The predicted octanol–water partition coefficient (Wildman–Crippen LogP) is 5.14. The van der Waals surface area contributed by atoms with E-state index < -0.39 is 17.2 Å². The molecule has 2 amide bonds. The maximum Gasteiger partial charge on any atom is 0.586 e. The van der Waals surface area contributed by atoms with Crippen LogP contribution in [-0.4, -0.2) is 23.0 Å². The second-order valence-electron chi connectivity index (χ2n) is 6.67. The lowest BCUT2D eigenvalue weighted by Gasteiger charge is -2.10. The lowest BCUT2D eigenvalue weighted by Crippen LogP contribution is -2.26. The molecule has 0 aliphatic carbocycles. The highest BCUT2D eigenvalue weighted by atomic mass is 35.5. The number of nitro groups is 1. The Kier molecular flexibility index (Phi) is 5.80. The number of rotatable bonds is 5. The summed E-state index contributed by atoms with van der Waals surface area (Å²) in [6.07, 6.45) is -3.78. The zero-order valence-corrected chi connectivity index (χ0v) is 17.2. The number of anilines is 1. The summed E-state index contributed by atoms with van der Waals surface area (Å²) < 4.78 is 35.6. The number of fused-ring (bicyclic) bond motifs is 1. The molecule has 0 saturated heterocycles. The van der Waals surface area contributed by atoms with Gasteiger partial charge in [-0.3, -0.25) is 10.1 Å². The van der Waals surface area contributed by atoms with E-state index in [-0.39, 0.29) is 22.9 Å². The van der Waals surface area contributed by atoms with Crippen molar-refractivity contribution in [2.24, 2.45) is 5.10 Å². The van der Waals surface area contributed by atoms with Gasteiger partial charge in [0.1, 0.15) is 0 Å². The van der Waals surface area contributed by atoms with E-state index in [1.165, 1.54) is 42.5 Å². The second-order valence-corrected chi connectivity index (χ2v) is 7.10. The Hall–Kier alpha value is -4.25. The van der Waals surface area contributed by atoms with Crippen LogP contribution < -0.4 is 20.2 Å². The number of nitrogens with one attached hydrogen (secondary N) is 2.